The third kappa shape index (κ3) is 10.3. The van der Waals surface area contributed by atoms with Crippen molar-refractivity contribution in [1.29, 1.82) is 0 Å². The van der Waals surface area contributed by atoms with Crippen molar-refractivity contribution < 1.29 is 84.6 Å². The largest absolute Gasteiger partial charge is 0.479 e. The van der Waals surface area contributed by atoms with E-state index in [1.165, 1.54) is 0 Å². The van der Waals surface area contributed by atoms with Gasteiger partial charge in [-0.25, -0.2) is 19.2 Å². The second-order valence-electron chi connectivity index (χ2n) is 4.74. The molecule has 0 aliphatic carbocycles. The summed E-state index contributed by atoms with van der Waals surface area (Å²) in [6, 6.07) is 0. The molecular formula is C13H18O17. The lowest BCUT2D eigenvalue weighted by Gasteiger charge is -2.13. The standard InChI is InChI=1S/2C6H8O8.CH2O/c2*7-1(3(9)5(11)12)2(8)4(10)6(13)14;1-2/h2*1,3-4,7,9-10H,(H,11,12)(H,13,14);1H2. The Labute approximate surface area is 164 Å². The van der Waals surface area contributed by atoms with E-state index in [1.807, 2.05) is 6.79 Å². The van der Waals surface area contributed by atoms with Gasteiger partial charge in [-0.15, -0.1) is 0 Å². The first kappa shape index (κ1) is 31.3. The number of aliphatic hydroxyl groups is 6. The Morgan fingerprint density at radius 2 is 0.633 bits per heavy atom. The Balaban J connectivity index is -0.000000448. The average molecular weight is 446 g/mol. The van der Waals surface area contributed by atoms with Gasteiger partial charge in [0.1, 0.15) is 6.79 Å². The van der Waals surface area contributed by atoms with Crippen LogP contribution in [0.15, 0.2) is 0 Å². The number of ketones is 2. The van der Waals surface area contributed by atoms with E-state index in [9.17, 15) is 28.8 Å². The summed E-state index contributed by atoms with van der Waals surface area (Å²) >= 11 is 0. The number of rotatable bonds is 10. The van der Waals surface area contributed by atoms with Crippen LogP contribution in [-0.4, -0.2) is 130 Å². The number of aliphatic carboxylic acids is 4. The maximum atomic E-state index is 10.7. The fourth-order valence-electron chi connectivity index (χ4n) is 1.15. The van der Waals surface area contributed by atoms with Gasteiger partial charge in [-0.1, -0.05) is 0 Å². The Bertz CT molecular complexity index is 588. The lowest BCUT2D eigenvalue weighted by Crippen LogP contribution is -2.46. The third-order valence-electron chi connectivity index (χ3n) is 2.69. The lowest BCUT2D eigenvalue weighted by molar-refractivity contribution is -0.165. The van der Waals surface area contributed by atoms with Crippen molar-refractivity contribution >= 4 is 42.2 Å². The van der Waals surface area contributed by atoms with Gasteiger partial charge in [0.25, 0.3) is 0 Å². The smallest absolute Gasteiger partial charge is 0.340 e. The number of carbonyl (C=O) groups is 7. The molecule has 0 aromatic rings. The summed E-state index contributed by atoms with van der Waals surface area (Å²) in [6.07, 6.45) is -15.0. The molecule has 0 rings (SSSR count). The van der Waals surface area contributed by atoms with E-state index >= 15 is 0 Å². The van der Waals surface area contributed by atoms with Crippen LogP contribution in [0.25, 0.3) is 0 Å². The van der Waals surface area contributed by atoms with E-state index < -0.39 is 72.1 Å². The van der Waals surface area contributed by atoms with Crippen LogP contribution in [0.1, 0.15) is 0 Å². The van der Waals surface area contributed by atoms with Gasteiger partial charge in [0, 0.05) is 0 Å². The molecule has 0 spiro atoms. The molecule has 6 unspecified atom stereocenters. The first-order valence-electron chi connectivity index (χ1n) is 6.93. The Morgan fingerprint density at radius 3 is 0.767 bits per heavy atom. The maximum absolute atomic E-state index is 10.7. The van der Waals surface area contributed by atoms with Crippen LogP contribution in [0.5, 0.6) is 0 Å². The predicted octanol–water partition coefficient (Wildman–Crippen LogP) is -6.57. The van der Waals surface area contributed by atoms with E-state index in [-0.39, 0.29) is 0 Å². The molecule has 0 aromatic carbocycles. The van der Waals surface area contributed by atoms with Crippen molar-refractivity contribution in [1.82, 2.24) is 0 Å². The molecule has 0 radical (unpaired) electrons. The molecule has 0 aromatic heterocycles. The summed E-state index contributed by atoms with van der Waals surface area (Å²) in [4.78, 5) is 69.6. The molecule has 0 fully saturated rings. The molecule has 0 heterocycles. The zero-order valence-corrected chi connectivity index (χ0v) is 14.5. The fourth-order valence-corrected chi connectivity index (χ4v) is 1.15. The van der Waals surface area contributed by atoms with Crippen LogP contribution in [0.4, 0.5) is 0 Å². The zero-order chi connectivity index (χ0) is 24.9. The van der Waals surface area contributed by atoms with E-state index in [0.29, 0.717) is 0 Å². The van der Waals surface area contributed by atoms with Gasteiger partial charge in [-0.2, -0.15) is 0 Å². The summed E-state index contributed by atoms with van der Waals surface area (Å²) < 4.78 is 0. The van der Waals surface area contributed by atoms with Crippen LogP contribution < -0.4 is 0 Å². The van der Waals surface area contributed by atoms with Crippen LogP contribution >= 0.6 is 0 Å². The normalized spacial score (nSPS) is 15.8. The number of hydrogen-bond donors (Lipinski definition) is 10. The molecular weight excluding hydrogens is 428 g/mol. The van der Waals surface area contributed by atoms with Crippen LogP contribution in [0.2, 0.25) is 0 Å². The van der Waals surface area contributed by atoms with Crippen molar-refractivity contribution in [3.8, 4) is 0 Å². The van der Waals surface area contributed by atoms with E-state index in [1.54, 1.807) is 0 Å². The second-order valence-corrected chi connectivity index (χ2v) is 4.74. The summed E-state index contributed by atoms with van der Waals surface area (Å²) in [5.41, 5.74) is 0. The molecule has 0 bridgehead atoms. The van der Waals surface area contributed by atoms with Gasteiger partial charge >= 0.3 is 23.9 Å². The number of hydrogen-bond acceptors (Lipinski definition) is 13. The molecule has 0 aliphatic heterocycles. The van der Waals surface area contributed by atoms with Crippen molar-refractivity contribution in [2.24, 2.45) is 0 Å². The highest BCUT2D eigenvalue weighted by Gasteiger charge is 2.37. The number of Topliss-reactive ketones (excluding diaryl/α,β-unsaturated/α-hetero) is 2. The molecule has 6 atom stereocenters. The first-order valence-corrected chi connectivity index (χ1v) is 6.93. The average Bonchev–Trinajstić information content (AvgIpc) is 2.70. The predicted molar refractivity (Wildman–Crippen MR) is 83.7 cm³/mol. The Hall–Kier alpha value is -3.35. The van der Waals surface area contributed by atoms with Crippen LogP contribution in [0, 0.1) is 0 Å². The summed E-state index contributed by atoms with van der Waals surface area (Å²) in [5.74, 6) is -11.1. The minimum absolute atomic E-state index is 1.69. The number of aliphatic hydroxyl groups excluding tert-OH is 6. The number of carbonyl (C=O) groups excluding carboxylic acids is 3. The fraction of sp³-hybridized carbons (Fsp3) is 0.462. The zero-order valence-electron chi connectivity index (χ0n) is 14.5. The first-order chi connectivity index (χ1) is 13.6. The molecule has 10 N–H and O–H groups in total. The summed E-state index contributed by atoms with van der Waals surface area (Å²) in [5, 5.41) is 84.4. The molecule has 172 valence electrons. The van der Waals surface area contributed by atoms with Crippen molar-refractivity contribution in [2.75, 3.05) is 0 Å². The van der Waals surface area contributed by atoms with Crippen molar-refractivity contribution in [3.63, 3.8) is 0 Å². The topological polar surface area (TPSA) is 322 Å². The molecule has 0 saturated carbocycles. The highest BCUT2D eigenvalue weighted by atomic mass is 16.4. The van der Waals surface area contributed by atoms with Crippen molar-refractivity contribution in [2.45, 2.75) is 36.6 Å². The van der Waals surface area contributed by atoms with Crippen LogP contribution in [-0.2, 0) is 33.6 Å². The molecule has 0 saturated heterocycles. The minimum atomic E-state index is -2.56. The molecule has 0 amide bonds. The molecule has 17 heteroatoms. The summed E-state index contributed by atoms with van der Waals surface area (Å²) in [6.45, 7) is 2.00. The second kappa shape index (κ2) is 14.6. The lowest BCUT2D eigenvalue weighted by atomic mass is 10.1. The highest BCUT2D eigenvalue weighted by Crippen LogP contribution is 2.01. The van der Waals surface area contributed by atoms with Crippen molar-refractivity contribution in [3.05, 3.63) is 0 Å². The molecule has 0 aliphatic rings. The Morgan fingerprint density at radius 1 is 0.433 bits per heavy atom. The van der Waals surface area contributed by atoms with Gasteiger partial charge in [0.2, 0.25) is 23.8 Å². The number of carboxylic acid groups (broad SMARTS) is 4. The Kier molecular flexibility index (Phi) is 15.3. The van der Waals surface area contributed by atoms with Crippen LogP contribution in [0.3, 0.4) is 0 Å². The van der Waals surface area contributed by atoms with Gasteiger partial charge in [0.15, 0.2) is 24.4 Å². The van der Waals surface area contributed by atoms with E-state index in [0.717, 1.165) is 0 Å². The summed E-state index contributed by atoms with van der Waals surface area (Å²) in [7, 11) is 0. The van der Waals surface area contributed by atoms with E-state index in [2.05, 4.69) is 0 Å². The molecule has 30 heavy (non-hydrogen) atoms. The monoisotopic (exact) mass is 446 g/mol. The minimum Gasteiger partial charge on any atom is -0.479 e. The third-order valence-corrected chi connectivity index (χ3v) is 2.69. The van der Waals surface area contributed by atoms with Gasteiger partial charge in [0.05, 0.1) is 0 Å². The quantitative estimate of drug-likeness (QED) is 0.139. The van der Waals surface area contributed by atoms with Gasteiger partial charge in [-0.05, 0) is 0 Å². The van der Waals surface area contributed by atoms with Gasteiger partial charge in [-0.3, -0.25) is 9.59 Å². The van der Waals surface area contributed by atoms with E-state index in [4.69, 9.17) is 55.9 Å². The number of carboxylic acids is 4. The molecule has 17 nitrogen and oxygen atoms in total. The maximum Gasteiger partial charge on any atom is 0.340 e. The SMILES string of the molecule is C=O.O=C(O)C(O)C(=O)C(O)C(O)C(=O)O.O=C(O)C(O)C(=O)C(O)C(O)C(=O)O. The highest BCUT2D eigenvalue weighted by molar-refractivity contribution is 6.05. The van der Waals surface area contributed by atoms with Gasteiger partial charge < -0.3 is 55.9 Å².